The zero-order valence-corrected chi connectivity index (χ0v) is 29.8. The average Bonchev–Trinajstić information content (AvgIpc) is 3.06. The summed E-state index contributed by atoms with van der Waals surface area (Å²) in [6.45, 7) is 6.83. The Morgan fingerprint density at radius 3 is 2.29 bits per heavy atom. The summed E-state index contributed by atoms with van der Waals surface area (Å²) < 4.78 is 13.5. The highest BCUT2D eigenvalue weighted by Crippen LogP contribution is 2.28. The number of aliphatic hydroxyl groups excluding tert-OH is 1. The fourth-order valence-electron chi connectivity index (χ4n) is 6.75. The van der Waals surface area contributed by atoms with Gasteiger partial charge in [-0.25, -0.2) is 0 Å². The quantitative estimate of drug-likeness (QED) is 0.161. The molecule has 48 heavy (non-hydrogen) atoms. The van der Waals surface area contributed by atoms with E-state index in [2.05, 4.69) is 21.3 Å². The molecule has 0 aromatic heterocycles. The van der Waals surface area contributed by atoms with Crippen LogP contribution in [0.25, 0.3) is 0 Å². The van der Waals surface area contributed by atoms with Crippen LogP contribution in [0.3, 0.4) is 0 Å². The molecule has 0 aromatic carbocycles. The lowest BCUT2D eigenvalue weighted by atomic mass is 9.82. The van der Waals surface area contributed by atoms with Gasteiger partial charge >= 0.3 is 0 Å². The minimum absolute atomic E-state index is 0.0376. The predicted molar refractivity (Wildman–Crippen MR) is 182 cm³/mol. The molecule has 1 aliphatic carbocycles. The van der Waals surface area contributed by atoms with E-state index in [0.29, 0.717) is 32.0 Å². The van der Waals surface area contributed by atoms with E-state index in [-0.39, 0.29) is 56.9 Å². The number of carbonyl (C=O) groups is 5. The van der Waals surface area contributed by atoms with Gasteiger partial charge in [0.1, 0.15) is 30.0 Å². The van der Waals surface area contributed by atoms with Crippen molar-refractivity contribution in [1.82, 2.24) is 31.1 Å². The standard InChI is InChI=1S/C34H62FN7O6/c1-6-7-14-26-33(48)41(5)27(19-23(2)3)30(45)39-29(25-12-9-8-10-13-25)32(47)40-34(20-36,22-43)21-38-28(24(4)44)31(46)37-16-18-42(26)17-11-15-35/h22-29,38,44H,6-21,36H2,1-5H3,(H,37,46)(H,39,45)(H,40,47)/t24-,26-,27-,28-,29-,34+/m0/s1. The molecule has 0 unspecified atom stereocenters. The lowest BCUT2D eigenvalue weighted by Gasteiger charge is -2.39. The first-order valence-corrected chi connectivity index (χ1v) is 17.9. The van der Waals surface area contributed by atoms with Crippen molar-refractivity contribution in [3.8, 4) is 0 Å². The fraction of sp³-hybridized carbons (Fsp3) is 0.853. The third-order valence-corrected chi connectivity index (χ3v) is 9.71. The highest BCUT2D eigenvalue weighted by atomic mass is 19.1. The zero-order chi connectivity index (χ0) is 35.9. The lowest BCUT2D eigenvalue weighted by Crippen LogP contribution is -2.67. The summed E-state index contributed by atoms with van der Waals surface area (Å²) in [7, 11) is 1.60. The molecule has 0 bridgehead atoms. The van der Waals surface area contributed by atoms with E-state index in [4.69, 9.17) is 5.73 Å². The predicted octanol–water partition coefficient (Wildman–Crippen LogP) is 0.626. The number of aliphatic hydroxyl groups is 1. The first-order chi connectivity index (χ1) is 22.8. The second kappa shape index (κ2) is 20.7. The molecule has 1 saturated heterocycles. The fourth-order valence-corrected chi connectivity index (χ4v) is 6.75. The molecule has 0 radical (unpaired) electrons. The maximum atomic E-state index is 14.3. The second-order valence-corrected chi connectivity index (χ2v) is 14.1. The van der Waals surface area contributed by atoms with Crippen molar-refractivity contribution in [1.29, 1.82) is 0 Å². The summed E-state index contributed by atoms with van der Waals surface area (Å²) in [5.41, 5.74) is 4.41. The minimum atomic E-state index is -1.63. The maximum Gasteiger partial charge on any atom is 0.243 e. The van der Waals surface area contributed by atoms with Gasteiger partial charge in [-0.1, -0.05) is 52.9 Å². The SMILES string of the molecule is CCCC[C@H]1C(=O)N(C)[C@@H](CC(C)C)C(=O)N[C@@H](C2CCCCC2)C(=O)N[C@](C=O)(CN)CN[C@@H]([C@H](C)O)C(=O)NCCN1CCCF. The normalized spacial score (nSPS) is 29.1. The molecule has 0 spiro atoms. The zero-order valence-electron chi connectivity index (χ0n) is 29.8. The van der Waals surface area contributed by atoms with Crippen molar-refractivity contribution in [3.63, 3.8) is 0 Å². The van der Waals surface area contributed by atoms with Crippen LogP contribution >= 0.6 is 0 Å². The van der Waals surface area contributed by atoms with Crippen molar-refractivity contribution in [3.05, 3.63) is 0 Å². The van der Waals surface area contributed by atoms with E-state index >= 15 is 0 Å². The number of nitrogens with two attached hydrogens (primary N) is 1. The van der Waals surface area contributed by atoms with Gasteiger partial charge in [-0.05, 0) is 50.9 Å². The number of amides is 4. The van der Waals surface area contributed by atoms with Crippen LogP contribution in [0.1, 0.15) is 91.9 Å². The number of hydrogen-bond acceptors (Lipinski definition) is 9. The van der Waals surface area contributed by atoms with Crippen LogP contribution in [0.15, 0.2) is 0 Å². The first kappa shape index (κ1) is 41.5. The molecule has 276 valence electrons. The van der Waals surface area contributed by atoms with Crippen molar-refractivity contribution in [2.24, 2.45) is 17.6 Å². The number of nitrogens with zero attached hydrogens (tertiary/aromatic N) is 2. The monoisotopic (exact) mass is 683 g/mol. The molecular formula is C34H62FN7O6. The molecule has 4 amide bonds. The number of halogens is 1. The van der Waals surface area contributed by atoms with Crippen molar-refractivity contribution in [2.75, 3.05) is 46.4 Å². The number of aldehydes is 1. The van der Waals surface area contributed by atoms with Gasteiger partial charge in [0.15, 0.2) is 0 Å². The van der Waals surface area contributed by atoms with E-state index in [1.807, 2.05) is 25.7 Å². The van der Waals surface area contributed by atoms with Gasteiger partial charge < -0.3 is 41.8 Å². The van der Waals surface area contributed by atoms with E-state index in [1.54, 1.807) is 7.05 Å². The van der Waals surface area contributed by atoms with Gasteiger partial charge in [0.05, 0.1) is 18.8 Å². The highest BCUT2D eigenvalue weighted by molar-refractivity contribution is 5.94. The Bertz CT molecular complexity index is 1040. The molecule has 7 N–H and O–H groups in total. The molecule has 2 rings (SSSR count). The van der Waals surface area contributed by atoms with Crippen LogP contribution in [-0.2, 0) is 24.0 Å². The van der Waals surface area contributed by atoms with E-state index in [0.717, 1.165) is 32.1 Å². The van der Waals surface area contributed by atoms with Crippen LogP contribution in [0.2, 0.25) is 0 Å². The number of nitrogens with one attached hydrogen (secondary N) is 4. The van der Waals surface area contributed by atoms with E-state index in [1.165, 1.54) is 11.8 Å². The average molecular weight is 684 g/mol. The smallest absolute Gasteiger partial charge is 0.243 e. The Labute approximate surface area is 286 Å². The van der Waals surface area contributed by atoms with Gasteiger partial charge in [-0.15, -0.1) is 0 Å². The molecule has 1 saturated carbocycles. The first-order valence-electron chi connectivity index (χ1n) is 17.9. The summed E-state index contributed by atoms with van der Waals surface area (Å²) >= 11 is 0. The Kier molecular flexibility index (Phi) is 17.9. The van der Waals surface area contributed by atoms with Gasteiger partial charge in [0.2, 0.25) is 23.6 Å². The van der Waals surface area contributed by atoms with Crippen LogP contribution < -0.4 is 27.0 Å². The van der Waals surface area contributed by atoms with E-state index < -0.39 is 60.2 Å². The van der Waals surface area contributed by atoms with Crippen LogP contribution in [0, 0.1) is 11.8 Å². The molecule has 2 aliphatic rings. The molecule has 6 atom stereocenters. The molecule has 1 aliphatic heterocycles. The summed E-state index contributed by atoms with van der Waals surface area (Å²) in [6.07, 6.45) is 6.08. The largest absolute Gasteiger partial charge is 0.391 e. The van der Waals surface area contributed by atoms with Crippen LogP contribution in [0.5, 0.6) is 0 Å². The van der Waals surface area contributed by atoms with Crippen LogP contribution in [-0.4, -0.2) is 127 Å². The number of rotatable bonds is 12. The van der Waals surface area contributed by atoms with E-state index in [9.17, 15) is 33.5 Å². The molecule has 0 aromatic rings. The van der Waals surface area contributed by atoms with Gasteiger partial charge in [-0.3, -0.25) is 28.5 Å². The summed E-state index contributed by atoms with van der Waals surface area (Å²) in [4.78, 5) is 71.7. The summed E-state index contributed by atoms with van der Waals surface area (Å²) in [5, 5.41) is 22.0. The maximum absolute atomic E-state index is 14.3. The number of unbranched alkanes of at least 4 members (excludes halogenated alkanes) is 1. The Morgan fingerprint density at radius 1 is 1.04 bits per heavy atom. The van der Waals surface area contributed by atoms with Crippen molar-refractivity contribution in [2.45, 2.75) is 128 Å². The second-order valence-electron chi connectivity index (χ2n) is 14.1. The Morgan fingerprint density at radius 2 is 1.73 bits per heavy atom. The van der Waals surface area contributed by atoms with Gasteiger partial charge in [0, 0.05) is 39.8 Å². The van der Waals surface area contributed by atoms with Crippen LogP contribution in [0.4, 0.5) is 4.39 Å². The molecular weight excluding hydrogens is 621 g/mol. The Balaban J connectivity index is 2.65. The summed E-state index contributed by atoms with van der Waals surface area (Å²) in [5.74, 6) is -2.04. The van der Waals surface area contributed by atoms with Crippen molar-refractivity contribution < 1.29 is 33.5 Å². The topological polar surface area (TPSA) is 186 Å². The number of likely N-dealkylation sites (N-methyl/N-ethyl adjacent to an activating group) is 1. The Hall–Kier alpha value is -2.68. The summed E-state index contributed by atoms with van der Waals surface area (Å²) in [6, 6.07) is -3.70. The molecule has 1 heterocycles. The molecule has 2 fully saturated rings. The number of carbonyl (C=O) groups excluding carboxylic acids is 5. The molecule has 13 nitrogen and oxygen atoms in total. The van der Waals surface area contributed by atoms with Gasteiger partial charge in [-0.2, -0.15) is 0 Å². The van der Waals surface area contributed by atoms with Gasteiger partial charge in [0.25, 0.3) is 0 Å². The third kappa shape index (κ3) is 12.0. The number of alkyl halides is 1. The highest BCUT2D eigenvalue weighted by Gasteiger charge is 2.41. The van der Waals surface area contributed by atoms with Crippen molar-refractivity contribution >= 4 is 29.9 Å². The molecule has 14 heteroatoms. The number of hydrogen-bond donors (Lipinski definition) is 6. The minimum Gasteiger partial charge on any atom is -0.391 e. The third-order valence-electron chi connectivity index (χ3n) is 9.71. The lowest BCUT2D eigenvalue weighted by molar-refractivity contribution is -0.145.